The highest BCUT2D eigenvalue weighted by Gasteiger charge is 2.23. The van der Waals surface area contributed by atoms with Gasteiger partial charge in [-0.25, -0.2) is 9.78 Å². The summed E-state index contributed by atoms with van der Waals surface area (Å²) >= 11 is 0. The molecule has 27 heavy (non-hydrogen) atoms. The van der Waals surface area contributed by atoms with Crippen molar-refractivity contribution in [2.45, 2.75) is 33.1 Å². The van der Waals surface area contributed by atoms with E-state index >= 15 is 0 Å². The topological polar surface area (TPSA) is 123 Å². The monoisotopic (exact) mass is 369 g/mol. The van der Waals surface area contributed by atoms with Gasteiger partial charge in [0, 0.05) is 29.3 Å². The first-order valence-corrected chi connectivity index (χ1v) is 8.22. The molecule has 0 atom stereocenters. The van der Waals surface area contributed by atoms with Crippen molar-refractivity contribution in [1.82, 2.24) is 19.7 Å². The second kappa shape index (κ2) is 6.67. The van der Waals surface area contributed by atoms with Gasteiger partial charge in [-0.05, 0) is 13.0 Å². The van der Waals surface area contributed by atoms with E-state index in [1.807, 2.05) is 20.8 Å². The van der Waals surface area contributed by atoms with E-state index in [4.69, 9.17) is 4.42 Å². The highest BCUT2D eigenvalue weighted by atomic mass is 16.4. The summed E-state index contributed by atoms with van der Waals surface area (Å²) in [6.07, 6.45) is 1.08. The summed E-state index contributed by atoms with van der Waals surface area (Å²) in [6, 6.07) is 5.59. The minimum atomic E-state index is -0.548. The Morgan fingerprint density at radius 1 is 1.22 bits per heavy atom. The molecule has 2 N–H and O–H groups in total. The van der Waals surface area contributed by atoms with E-state index in [1.54, 1.807) is 13.0 Å². The van der Waals surface area contributed by atoms with Crippen molar-refractivity contribution in [2.24, 2.45) is 0 Å². The van der Waals surface area contributed by atoms with Crippen LogP contribution in [-0.2, 0) is 5.41 Å². The molecule has 0 aliphatic heterocycles. The Morgan fingerprint density at radius 3 is 2.56 bits per heavy atom. The molecule has 0 radical (unpaired) electrons. The van der Waals surface area contributed by atoms with Crippen LogP contribution in [0.25, 0.3) is 5.95 Å². The van der Waals surface area contributed by atoms with E-state index in [0.29, 0.717) is 17.2 Å². The highest BCUT2D eigenvalue weighted by molar-refractivity contribution is 6.03. The van der Waals surface area contributed by atoms with E-state index in [-0.39, 0.29) is 22.5 Å². The average molecular weight is 369 g/mol. The number of H-pyrrole nitrogens is 1. The van der Waals surface area contributed by atoms with Gasteiger partial charge in [-0.3, -0.25) is 14.6 Å². The maximum absolute atomic E-state index is 12.5. The van der Waals surface area contributed by atoms with Gasteiger partial charge >= 0.3 is 5.63 Å². The number of nitrogens with one attached hydrogen (secondary N) is 2. The standard InChI is InChI=1S/C18H19N5O4/c1-10-7-14(24)21-17(19-10)23-13(8-12(22-23)18(2,3)4)20-16(26)11-5-6-15(25)27-9-11/h5-9H,1-4H3,(H,20,26)(H,19,21,24). The van der Waals surface area contributed by atoms with Gasteiger partial charge in [0.2, 0.25) is 5.95 Å². The molecule has 0 saturated heterocycles. The Labute approximate surface area is 154 Å². The number of aromatic amines is 1. The molecule has 0 aliphatic carbocycles. The number of anilines is 1. The molecule has 3 heterocycles. The van der Waals surface area contributed by atoms with Crippen LogP contribution in [0, 0.1) is 6.92 Å². The molecule has 3 rings (SSSR count). The highest BCUT2D eigenvalue weighted by Crippen LogP contribution is 2.25. The molecule has 140 valence electrons. The van der Waals surface area contributed by atoms with Crippen LogP contribution in [0.3, 0.4) is 0 Å². The number of nitrogens with zero attached hydrogens (tertiary/aromatic N) is 3. The lowest BCUT2D eigenvalue weighted by atomic mass is 9.92. The largest absolute Gasteiger partial charge is 0.430 e. The number of carbonyl (C=O) groups is 1. The predicted molar refractivity (Wildman–Crippen MR) is 98.3 cm³/mol. The summed E-state index contributed by atoms with van der Waals surface area (Å²) in [6.45, 7) is 7.62. The number of carbonyl (C=O) groups excluding carboxylic acids is 1. The Bertz CT molecular complexity index is 1100. The van der Waals surface area contributed by atoms with Gasteiger partial charge in [-0.15, -0.1) is 0 Å². The Balaban J connectivity index is 2.06. The van der Waals surface area contributed by atoms with Gasteiger partial charge in [0.05, 0.1) is 11.3 Å². The van der Waals surface area contributed by atoms with Crippen LogP contribution < -0.4 is 16.5 Å². The quantitative estimate of drug-likeness (QED) is 0.725. The molecule has 0 fully saturated rings. The zero-order valence-electron chi connectivity index (χ0n) is 15.4. The Hall–Kier alpha value is -3.49. The average Bonchev–Trinajstić information content (AvgIpc) is 2.98. The van der Waals surface area contributed by atoms with E-state index in [2.05, 4.69) is 20.4 Å². The maximum atomic E-state index is 12.5. The molecule has 9 nitrogen and oxygen atoms in total. The third kappa shape index (κ3) is 4.02. The lowest BCUT2D eigenvalue weighted by molar-refractivity contribution is 0.102. The third-order valence-electron chi connectivity index (χ3n) is 3.74. The molecule has 0 unspecified atom stereocenters. The van der Waals surface area contributed by atoms with Crippen molar-refractivity contribution in [2.75, 3.05) is 5.32 Å². The number of aromatic nitrogens is 4. The minimum Gasteiger partial charge on any atom is -0.430 e. The lowest BCUT2D eigenvalue weighted by Crippen LogP contribution is -2.19. The molecule has 3 aromatic rings. The fourth-order valence-electron chi connectivity index (χ4n) is 2.34. The summed E-state index contributed by atoms with van der Waals surface area (Å²) in [5.41, 5.74) is 0.213. The molecular formula is C18H19N5O4. The van der Waals surface area contributed by atoms with Gasteiger partial charge < -0.3 is 9.73 Å². The van der Waals surface area contributed by atoms with Crippen LogP contribution in [-0.4, -0.2) is 25.7 Å². The van der Waals surface area contributed by atoms with Crippen LogP contribution in [0.4, 0.5) is 5.82 Å². The minimum absolute atomic E-state index is 0.172. The zero-order chi connectivity index (χ0) is 19.8. The number of hydrogen-bond acceptors (Lipinski definition) is 6. The SMILES string of the molecule is Cc1cc(=O)[nH]c(-n2nc(C(C)(C)C)cc2NC(=O)c2ccc(=O)oc2)n1. The van der Waals surface area contributed by atoms with Gasteiger partial charge in [0.1, 0.15) is 12.1 Å². The van der Waals surface area contributed by atoms with Crippen LogP contribution in [0.2, 0.25) is 0 Å². The van der Waals surface area contributed by atoms with E-state index in [1.165, 1.54) is 16.8 Å². The van der Waals surface area contributed by atoms with Crippen LogP contribution in [0.5, 0.6) is 0 Å². The normalized spacial score (nSPS) is 11.4. The van der Waals surface area contributed by atoms with Crippen molar-refractivity contribution >= 4 is 11.7 Å². The summed E-state index contributed by atoms with van der Waals surface area (Å²) < 4.78 is 6.09. The van der Waals surface area contributed by atoms with Crippen LogP contribution in [0.1, 0.15) is 42.5 Å². The zero-order valence-corrected chi connectivity index (χ0v) is 15.4. The van der Waals surface area contributed by atoms with Crippen LogP contribution in [0.15, 0.2) is 44.5 Å². The Morgan fingerprint density at radius 2 is 1.96 bits per heavy atom. The third-order valence-corrected chi connectivity index (χ3v) is 3.74. The first-order chi connectivity index (χ1) is 12.6. The molecule has 0 saturated carbocycles. The Kier molecular flexibility index (Phi) is 4.52. The first-order valence-electron chi connectivity index (χ1n) is 8.22. The summed E-state index contributed by atoms with van der Waals surface area (Å²) in [5.74, 6) is 0.0191. The van der Waals surface area contributed by atoms with Crippen molar-refractivity contribution in [3.63, 3.8) is 0 Å². The molecule has 3 aromatic heterocycles. The molecule has 0 aromatic carbocycles. The van der Waals surface area contributed by atoms with Gasteiger partial charge in [0.15, 0.2) is 0 Å². The molecule has 9 heteroatoms. The molecule has 0 bridgehead atoms. The summed E-state index contributed by atoms with van der Waals surface area (Å²) in [7, 11) is 0. The second-order valence-electron chi connectivity index (χ2n) is 7.08. The summed E-state index contributed by atoms with van der Waals surface area (Å²) in [4.78, 5) is 42.3. The molecule has 0 aliphatic rings. The number of rotatable bonds is 3. The van der Waals surface area contributed by atoms with Crippen molar-refractivity contribution < 1.29 is 9.21 Å². The van der Waals surface area contributed by atoms with Gasteiger partial charge in [-0.1, -0.05) is 20.8 Å². The molecular weight excluding hydrogens is 350 g/mol. The van der Waals surface area contributed by atoms with Crippen molar-refractivity contribution in [3.8, 4) is 5.95 Å². The number of amides is 1. The fourth-order valence-corrected chi connectivity index (χ4v) is 2.34. The number of hydrogen-bond donors (Lipinski definition) is 2. The molecule has 0 spiro atoms. The molecule has 1 amide bonds. The predicted octanol–water partition coefficient (Wildman–Crippen LogP) is 1.77. The first kappa shape index (κ1) is 18.3. The van der Waals surface area contributed by atoms with Gasteiger partial charge in [-0.2, -0.15) is 9.78 Å². The second-order valence-corrected chi connectivity index (χ2v) is 7.08. The van der Waals surface area contributed by atoms with Gasteiger partial charge in [0.25, 0.3) is 11.5 Å². The fraction of sp³-hybridized carbons (Fsp3) is 0.278. The van der Waals surface area contributed by atoms with Crippen molar-refractivity contribution in [3.05, 3.63) is 68.3 Å². The van der Waals surface area contributed by atoms with Crippen molar-refractivity contribution in [1.29, 1.82) is 0 Å². The lowest BCUT2D eigenvalue weighted by Gasteiger charge is -2.13. The maximum Gasteiger partial charge on any atom is 0.335 e. The van der Waals surface area contributed by atoms with E-state index < -0.39 is 11.5 Å². The number of aryl methyl sites for hydroxylation is 1. The van der Waals surface area contributed by atoms with E-state index in [9.17, 15) is 14.4 Å². The summed E-state index contributed by atoms with van der Waals surface area (Å²) in [5, 5.41) is 7.20. The van der Waals surface area contributed by atoms with Crippen LogP contribution >= 0.6 is 0 Å². The smallest absolute Gasteiger partial charge is 0.335 e. The van der Waals surface area contributed by atoms with E-state index in [0.717, 1.165) is 12.3 Å².